The lowest BCUT2D eigenvalue weighted by atomic mass is 10.2. The van der Waals surface area contributed by atoms with Crippen molar-refractivity contribution in [1.82, 2.24) is 0 Å². The minimum absolute atomic E-state index is 0.346. The van der Waals surface area contributed by atoms with Crippen LogP contribution in [0.2, 0.25) is 5.02 Å². The summed E-state index contributed by atoms with van der Waals surface area (Å²) < 4.78 is 0. The topological polar surface area (TPSA) is 43.1 Å². The second-order valence-corrected chi connectivity index (χ2v) is 2.27. The van der Waals surface area contributed by atoms with Gasteiger partial charge in [-0.1, -0.05) is 17.7 Å². The minimum atomic E-state index is 0.346. The van der Waals surface area contributed by atoms with Gasteiger partial charge in [0.1, 0.15) is 0 Å². The van der Waals surface area contributed by atoms with Gasteiger partial charge in [0.15, 0.2) is 6.29 Å². The van der Waals surface area contributed by atoms with Crippen molar-refractivity contribution < 1.29 is 4.79 Å². The number of para-hydroxylation sites is 1. The molecule has 0 bridgehead atoms. The van der Waals surface area contributed by atoms with E-state index in [0.29, 0.717) is 22.6 Å². The summed E-state index contributed by atoms with van der Waals surface area (Å²) in [5.74, 6) is 0. The molecule has 0 aromatic heterocycles. The summed E-state index contributed by atoms with van der Waals surface area (Å²) in [6.07, 6.45) is 0.682. The number of rotatable bonds is 1. The molecule has 10 heavy (non-hydrogen) atoms. The number of anilines is 1. The van der Waals surface area contributed by atoms with Crippen molar-refractivity contribution in [2.24, 2.45) is 0 Å². The van der Waals surface area contributed by atoms with E-state index in [1.165, 1.54) is 0 Å². The highest BCUT2D eigenvalue weighted by molar-refractivity contribution is 6.33. The van der Waals surface area contributed by atoms with Crippen LogP contribution in [0, 0.1) is 0 Å². The van der Waals surface area contributed by atoms with Crippen LogP contribution >= 0.6 is 11.6 Å². The van der Waals surface area contributed by atoms with Gasteiger partial charge in [-0.25, -0.2) is 0 Å². The Balaban J connectivity index is 3.27. The predicted octanol–water partition coefficient (Wildman–Crippen LogP) is 1.73. The van der Waals surface area contributed by atoms with Gasteiger partial charge in [0.05, 0.1) is 10.7 Å². The molecule has 0 radical (unpaired) electrons. The minimum Gasteiger partial charge on any atom is -0.397 e. The first-order valence-electron chi connectivity index (χ1n) is 2.75. The van der Waals surface area contributed by atoms with E-state index in [1.807, 2.05) is 0 Å². The molecule has 1 aromatic rings. The first kappa shape index (κ1) is 7.09. The van der Waals surface area contributed by atoms with Gasteiger partial charge in [0, 0.05) is 5.56 Å². The standard InChI is InChI=1S/C7H6ClNO/c8-6-3-1-2-5(4-10)7(6)9/h1-4H,9H2. The number of hydrogen-bond donors (Lipinski definition) is 1. The van der Waals surface area contributed by atoms with E-state index in [2.05, 4.69) is 0 Å². The Morgan fingerprint density at radius 2 is 2.20 bits per heavy atom. The molecule has 0 fully saturated rings. The largest absolute Gasteiger partial charge is 0.397 e. The molecule has 0 spiro atoms. The summed E-state index contributed by atoms with van der Waals surface area (Å²) in [4.78, 5) is 10.2. The van der Waals surface area contributed by atoms with Gasteiger partial charge in [-0.3, -0.25) is 4.79 Å². The van der Waals surface area contributed by atoms with Crippen molar-refractivity contribution in [3.63, 3.8) is 0 Å². The van der Waals surface area contributed by atoms with Crippen molar-refractivity contribution >= 4 is 23.6 Å². The van der Waals surface area contributed by atoms with Crippen molar-refractivity contribution in [1.29, 1.82) is 0 Å². The fourth-order valence-electron chi connectivity index (χ4n) is 0.656. The van der Waals surface area contributed by atoms with Crippen molar-refractivity contribution in [3.05, 3.63) is 28.8 Å². The quantitative estimate of drug-likeness (QED) is 0.496. The summed E-state index contributed by atoms with van der Waals surface area (Å²) in [6.45, 7) is 0. The smallest absolute Gasteiger partial charge is 0.152 e. The van der Waals surface area contributed by atoms with E-state index in [1.54, 1.807) is 18.2 Å². The second kappa shape index (κ2) is 2.71. The van der Waals surface area contributed by atoms with Crippen LogP contribution in [-0.4, -0.2) is 6.29 Å². The number of carbonyl (C=O) groups is 1. The van der Waals surface area contributed by atoms with Gasteiger partial charge >= 0.3 is 0 Å². The second-order valence-electron chi connectivity index (χ2n) is 1.86. The Hall–Kier alpha value is -1.02. The van der Waals surface area contributed by atoms with Crippen LogP contribution in [0.25, 0.3) is 0 Å². The van der Waals surface area contributed by atoms with Crippen LogP contribution in [0.5, 0.6) is 0 Å². The SMILES string of the molecule is Nc1c(Cl)cccc1C=O. The summed E-state index contributed by atoms with van der Waals surface area (Å²) in [6, 6.07) is 4.94. The average Bonchev–Trinajstić information content (AvgIpc) is 1.95. The molecule has 3 heteroatoms. The number of aldehydes is 1. The van der Waals surface area contributed by atoms with Crippen LogP contribution < -0.4 is 5.73 Å². The van der Waals surface area contributed by atoms with Gasteiger partial charge in [-0.2, -0.15) is 0 Å². The van der Waals surface area contributed by atoms with Gasteiger partial charge < -0.3 is 5.73 Å². The molecule has 2 nitrogen and oxygen atoms in total. The third-order valence-corrected chi connectivity index (χ3v) is 1.54. The maximum Gasteiger partial charge on any atom is 0.152 e. The Morgan fingerprint density at radius 3 is 2.70 bits per heavy atom. The average molecular weight is 156 g/mol. The van der Waals surface area contributed by atoms with Crippen LogP contribution in [0.15, 0.2) is 18.2 Å². The van der Waals surface area contributed by atoms with Crippen molar-refractivity contribution in [3.8, 4) is 0 Å². The van der Waals surface area contributed by atoms with E-state index in [4.69, 9.17) is 17.3 Å². The molecule has 2 N–H and O–H groups in total. The first-order chi connectivity index (χ1) is 4.75. The van der Waals surface area contributed by atoms with E-state index < -0.39 is 0 Å². The van der Waals surface area contributed by atoms with E-state index in [-0.39, 0.29) is 0 Å². The number of halogens is 1. The van der Waals surface area contributed by atoms with E-state index >= 15 is 0 Å². The Morgan fingerprint density at radius 1 is 1.50 bits per heavy atom. The highest BCUT2D eigenvalue weighted by Gasteiger charge is 1.99. The summed E-state index contributed by atoms with van der Waals surface area (Å²) in [7, 11) is 0. The Kier molecular flexibility index (Phi) is 1.92. The van der Waals surface area contributed by atoms with Crippen LogP contribution in [0.3, 0.4) is 0 Å². The fourth-order valence-corrected chi connectivity index (χ4v) is 0.838. The van der Waals surface area contributed by atoms with E-state index in [9.17, 15) is 4.79 Å². The number of hydrogen-bond acceptors (Lipinski definition) is 2. The summed E-state index contributed by atoms with van der Waals surface area (Å²) in [5, 5.41) is 0.421. The zero-order valence-electron chi connectivity index (χ0n) is 5.17. The molecule has 0 heterocycles. The molecule has 0 aliphatic carbocycles. The molecule has 0 saturated carbocycles. The zero-order valence-corrected chi connectivity index (χ0v) is 5.93. The van der Waals surface area contributed by atoms with Crippen LogP contribution in [0.1, 0.15) is 10.4 Å². The third kappa shape index (κ3) is 1.11. The molecule has 0 atom stereocenters. The molecule has 0 unspecified atom stereocenters. The summed E-state index contributed by atoms with van der Waals surface area (Å²) >= 11 is 5.61. The number of benzene rings is 1. The fraction of sp³-hybridized carbons (Fsp3) is 0. The number of carbonyl (C=O) groups excluding carboxylic acids is 1. The zero-order chi connectivity index (χ0) is 7.56. The number of nitrogen functional groups attached to an aromatic ring is 1. The molecule has 1 rings (SSSR count). The van der Waals surface area contributed by atoms with Gasteiger partial charge in [0.2, 0.25) is 0 Å². The molecular formula is C7H6ClNO. The lowest BCUT2D eigenvalue weighted by molar-refractivity contribution is 0.112. The maximum atomic E-state index is 10.2. The van der Waals surface area contributed by atoms with Crippen LogP contribution in [0.4, 0.5) is 5.69 Å². The molecule has 52 valence electrons. The molecule has 0 aliphatic rings. The van der Waals surface area contributed by atoms with E-state index in [0.717, 1.165) is 0 Å². The predicted molar refractivity (Wildman–Crippen MR) is 41.3 cm³/mol. The molecule has 0 saturated heterocycles. The van der Waals surface area contributed by atoms with Crippen LogP contribution in [-0.2, 0) is 0 Å². The molecule has 1 aromatic carbocycles. The first-order valence-corrected chi connectivity index (χ1v) is 3.12. The lowest BCUT2D eigenvalue weighted by Gasteiger charge is -1.97. The maximum absolute atomic E-state index is 10.2. The lowest BCUT2D eigenvalue weighted by Crippen LogP contribution is -1.92. The van der Waals surface area contributed by atoms with Crippen molar-refractivity contribution in [2.45, 2.75) is 0 Å². The Labute approximate surface area is 63.6 Å². The molecule has 0 amide bonds. The number of nitrogens with two attached hydrogens (primary N) is 1. The monoisotopic (exact) mass is 155 g/mol. The van der Waals surface area contributed by atoms with Crippen molar-refractivity contribution in [2.75, 3.05) is 5.73 Å². The highest BCUT2D eigenvalue weighted by Crippen LogP contribution is 2.20. The molecular weight excluding hydrogens is 150 g/mol. The van der Waals surface area contributed by atoms with Gasteiger partial charge in [-0.05, 0) is 12.1 Å². The van der Waals surface area contributed by atoms with Gasteiger partial charge in [0.25, 0.3) is 0 Å². The summed E-state index contributed by atoms with van der Waals surface area (Å²) in [5.41, 5.74) is 6.21. The van der Waals surface area contributed by atoms with Gasteiger partial charge in [-0.15, -0.1) is 0 Å². The third-order valence-electron chi connectivity index (χ3n) is 1.21. The Bertz CT molecular complexity index is 260. The molecule has 0 aliphatic heterocycles. The highest BCUT2D eigenvalue weighted by atomic mass is 35.5. The normalized spacial score (nSPS) is 9.30.